The van der Waals surface area contributed by atoms with Crippen LogP contribution in [0.2, 0.25) is 0 Å². The average Bonchev–Trinajstić information content (AvgIpc) is 1.93. The molecule has 0 aliphatic heterocycles. The van der Waals surface area contributed by atoms with Gasteiger partial charge < -0.3 is 0 Å². The van der Waals surface area contributed by atoms with Gasteiger partial charge in [0.1, 0.15) is 0 Å². The lowest BCUT2D eigenvalue weighted by molar-refractivity contribution is 0.905. The maximum absolute atomic E-state index is 3.99. The maximum Gasteiger partial charge on any atom is 0.0632 e. The van der Waals surface area contributed by atoms with Crippen LogP contribution >= 0.6 is 0 Å². The summed E-state index contributed by atoms with van der Waals surface area (Å²) >= 11 is 0. The molecule has 1 rings (SSSR count). The van der Waals surface area contributed by atoms with Crippen LogP contribution in [0.25, 0.3) is 0 Å². The number of aromatic nitrogens is 2. The summed E-state index contributed by atoms with van der Waals surface area (Å²) in [5, 5.41) is 7.98. The third-order valence-electron chi connectivity index (χ3n) is 2.00. The molecule has 0 N–H and O–H groups in total. The zero-order valence-electron chi connectivity index (χ0n) is 6.89. The van der Waals surface area contributed by atoms with E-state index < -0.39 is 0 Å². The lowest BCUT2D eigenvalue weighted by Crippen LogP contribution is -1.97. The summed E-state index contributed by atoms with van der Waals surface area (Å²) in [6, 6.07) is 0. The standard InChI is InChI=1S/C8H12N2/c1-5-6(2)8(4)10-9-7(5)3/h1-4H3. The van der Waals surface area contributed by atoms with Crippen molar-refractivity contribution in [3.05, 3.63) is 22.5 Å². The molecular weight excluding hydrogens is 124 g/mol. The van der Waals surface area contributed by atoms with E-state index in [9.17, 15) is 0 Å². The predicted octanol–water partition coefficient (Wildman–Crippen LogP) is 1.71. The molecule has 0 bridgehead atoms. The summed E-state index contributed by atoms with van der Waals surface area (Å²) in [6.07, 6.45) is 0. The van der Waals surface area contributed by atoms with Crippen LogP contribution in [0, 0.1) is 27.7 Å². The van der Waals surface area contributed by atoms with Gasteiger partial charge in [-0.1, -0.05) is 0 Å². The van der Waals surface area contributed by atoms with Gasteiger partial charge in [-0.3, -0.25) is 0 Å². The molecule has 0 fully saturated rings. The molecule has 0 saturated carbocycles. The minimum Gasteiger partial charge on any atom is -0.155 e. The van der Waals surface area contributed by atoms with Crippen molar-refractivity contribution in [2.24, 2.45) is 0 Å². The second-order valence-corrected chi connectivity index (χ2v) is 2.62. The van der Waals surface area contributed by atoms with E-state index in [0.29, 0.717) is 0 Å². The van der Waals surface area contributed by atoms with Crippen molar-refractivity contribution in [3.63, 3.8) is 0 Å². The normalized spacial score (nSPS) is 10.0. The van der Waals surface area contributed by atoms with Crippen LogP contribution in [0.4, 0.5) is 0 Å². The fourth-order valence-electron chi connectivity index (χ4n) is 0.843. The highest BCUT2D eigenvalue weighted by Gasteiger charge is 2.00. The topological polar surface area (TPSA) is 25.8 Å². The molecule has 0 saturated heterocycles. The Balaban J connectivity index is 3.34. The lowest BCUT2D eigenvalue weighted by Gasteiger charge is -2.03. The fraction of sp³-hybridized carbons (Fsp3) is 0.500. The van der Waals surface area contributed by atoms with Gasteiger partial charge in [0.15, 0.2) is 0 Å². The Morgan fingerprint density at radius 1 is 0.700 bits per heavy atom. The van der Waals surface area contributed by atoms with Crippen LogP contribution in [-0.4, -0.2) is 10.2 Å². The molecule has 0 aliphatic carbocycles. The quantitative estimate of drug-likeness (QED) is 0.542. The first-order valence-electron chi connectivity index (χ1n) is 3.40. The van der Waals surface area contributed by atoms with Crippen molar-refractivity contribution >= 4 is 0 Å². The van der Waals surface area contributed by atoms with Crippen molar-refractivity contribution in [2.45, 2.75) is 27.7 Å². The molecule has 0 spiro atoms. The number of hydrogen-bond acceptors (Lipinski definition) is 2. The molecule has 1 heterocycles. The number of hydrogen-bond donors (Lipinski definition) is 0. The molecule has 0 unspecified atom stereocenters. The summed E-state index contributed by atoms with van der Waals surface area (Å²) in [6.45, 7) is 8.11. The SMILES string of the molecule is Cc1nnc(C)c(C)c1C. The van der Waals surface area contributed by atoms with Gasteiger partial charge in [-0.2, -0.15) is 10.2 Å². The maximum atomic E-state index is 3.99. The second-order valence-electron chi connectivity index (χ2n) is 2.62. The first kappa shape index (κ1) is 7.19. The molecule has 1 aromatic heterocycles. The fourth-order valence-corrected chi connectivity index (χ4v) is 0.843. The molecule has 0 aromatic carbocycles. The monoisotopic (exact) mass is 136 g/mol. The summed E-state index contributed by atoms with van der Waals surface area (Å²) in [7, 11) is 0. The molecule has 0 atom stereocenters. The first-order chi connectivity index (χ1) is 4.63. The predicted molar refractivity (Wildman–Crippen MR) is 41.0 cm³/mol. The van der Waals surface area contributed by atoms with E-state index in [1.165, 1.54) is 11.1 Å². The number of nitrogens with zero attached hydrogens (tertiary/aromatic N) is 2. The zero-order chi connectivity index (χ0) is 7.72. The van der Waals surface area contributed by atoms with E-state index in [1.807, 2.05) is 13.8 Å². The van der Waals surface area contributed by atoms with Crippen molar-refractivity contribution in [1.82, 2.24) is 10.2 Å². The van der Waals surface area contributed by atoms with Crippen LogP contribution < -0.4 is 0 Å². The van der Waals surface area contributed by atoms with Crippen molar-refractivity contribution < 1.29 is 0 Å². The molecule has 10 heavy (non-hydrogen) atoms. The van der Waals surface area contributed by atoms with E-state index in [0.717, 1.165) is 11.4 Å². The molecule has 2 heteroatoms. The molecule has 54 valence electrons. The van der Waals surface area contributed by atoms with Gasteiger partial charge in [-0.15, -0.1) is 0 Å². The molecule has 1 aromatic rings. The Bertz CT molecular complexity index is 227. The Kier molecular flexibility index (Phi) is 1.70. The Hall–Kier alpha value is -0.920. The van der Waals surface area contributed by atoms with Gasteiger partial charge in [0.05, 0.1) is 11.4 Å². The summed E-state index contributed by atoms with van der Waals surface area (Å²) in [5.74, 6) is 0. The average molecular weight is 136 g/mol. The van der Waals surface area contributed by atoms with Crippen LogP contribution in [-0.2, 0) is 0 Å². The smallest absolute Gasteiger partial charge is 0.0632 e. The van der Waals surface area contributed by atoms with Gasteiger partial charge in [-0.25, -0.2) is 0 Å². The minimum atomic E-state index is 1.03. The molecule has 0 aliphatic rings. The van der Waals surface area contributed by atoms with E-state index in [-0.39, 0.29) is 0 Å². The lowest BCUT2D eigenvalue weighted by atomic mass is 10.1. The third-order valence-corrected chi connectivity index (χ3v) is 2.00. The van der Waals surface area contributed by atoms with Crippen LogP contribution in [0.15, 0.2) is 0 Å². The van der Waals surface area contributed by atoms with E-state index in [1.54, 1.807) is 0 Å². The largest absolute Gasteiger partial charge is 0.155 e. The van der Waals surface area contributed by atoms with Crippen molar-refractivity contribution in [2.75, 3.05) is 0 Å². The van der Waals surface area contributed by atoms with Gasteiger partial charge in [0, 0.05) is 0 Å². The number of rotatable bonds is 0. The first-order valence-corrected chi connectivity index (χ1v) is 3.40. The highest BCUT2D eigenvalue weighted by atomic mass is 15.1. The molecule has 0 amide bonds. The Morgan fingerprint density at radius 3 is 1.30 bits per heavy atom. The van der Waals surface area contributed by atoms with Crippen LogP contribution in [0.5, 0.6) is 0 Å². The van der Waals surface area contributed by atoms with Crippen LogP contribution in [0.3, 0.4) is 0 Å². The van der Waals surface area contributed by atoms with E-state index in [4.69, 9.17) is 0 Å². The van der Waals surface area contributed by atoms with Gasteiger partial charge in [0.2, 0.25) is 0 Å². The second kappa shape index (κ2) is 2.37. The highest BCUT2D eigenvalue weighted by Crippen LogP contribution is 2.10. The van der Waals surface area contributed by atoms with Crippen LogP contribution in [0.1, 0.15) is 22.5 Å². The minimum absolute atomic E-state index is 1.03. The van der Waals surface area contributed by atoms with Crippen molar-refractivity contribution in [3.8, 4) is 0 Å². The summed E-state index contributed by atoms with van der Waals surface area (Å²) in [4.78, 5) is 0. The van der Waals surface area contributed by atoms with Gasteiger partial charge in [-0.05, 0) is 38.8 Å². The Morgan fingerprint density at radius 2 is 1.00 bits per heavy atom. The molecule has 2 nitrogen and oxygen atoms in total. The van der Waals surface area contributed by atoms with Gasteiger partial charge >= 0.3 is 0 Å². The summed E-state index contributed by atoms with van der Waals surface area (Å²) < 4.78 is 0. The Labute approximate surface area is 61.3 Å². The molecule has 0 radical (unpaired) electrons. The van der Waals surface area contributed by atoms with E-state index in [2.05, 4.69) is 24.0 Å². The zero-order valence-corrected chi connectivity index (χ0v) is 6.89. The third kappa shape index (κ3) is 1.01. The molecular formula is C8H12N2. The van der Waals surface area contributed by atoms with E-state index >= 15 is 0 Å². The summed E-state index contributed by atoms with van der Waals surface area (Å²) in [5.41, 5.74) is 4.58. The van der Waals surface area contributed by atoms with Crippen molar-refractivity contribution in [1.29, 1.82) is 0 Å². The number of aryl methyl sites for hydroxylation is 2. The highest BCUT2D eigenvalue weighted by molar-refractivity contribution is 5.28. The van der Waals surface area contributed by atoms with Gasteiger partial charge in [0.25, 0.3) is 0 Å².